The Bertz CT molecular complexity index is 1050. The van der Waals surface area contributed by atoms with E-state index in [0.717, 1.165) is 54.5 Å². The molecule has 1 heterocycles. The number of aromatic nitrogens is 2. The van der Waals surface area contributed by atoms with E-state index in [1.165, 1.54) is 0 Å². The summed E-state index contributed by atoms with van der Waals surface area (Å²) in [6, 6.07) is 7.76. The Morgan fingerprint density at radius 3 is 2.60 bits per heavy atom. The van der Waals surface area contributed by atoms with Gasteiger partial charge in [-0.3, -0.25) is 9.48 Å². The van der Waals surface area contributed by atoms with Crippen molar-refractivity contribution in [1.29, 1.82) is 0 Å². The predicted octanol–water partition coefficient (Wildman–Crippen LogP) is 4.19. The number of nitrogens with zero attached hydrogens (tertiary/aromatic N) is 2. The summed E-state index contributed by atoms with van der Waals surface area (Å²) >= 11 is 0. The average molecular weight is 415 g/mol. The molecule has 2 N–H and O–H groups in total. The zero-order valence-corrected chi connectivity index (χ0v) is 16.6. The van der Waals surface area contributed by atoms with Gasteiger partial charge < -0.3 is 15.2 Å². The number of hydrogen-bond acceptors (Lipinski definition) is 4. The van der Waals surface area contributed by atoms with Gasteiger partial charge in [-0.1, -0.05) is 6.07 Å². The molecule has 1 amide bonds. The number of ether oxygens (including phenoxy) is 1. The van der Waals surface area contributed by atoms with Crippen molar-refractivity contribution in [3.8, 4) is 11.5 Å². The van der Waals surface area contributed by atoms with Crippen LogP contribution in [0.2, 0.25) is 0 Å². The Balaban J connectivity index is 1.33. The number of carbonyl (C=O) groups is 1. The number of benzene rings is 2. The third-order valence-corrected chi connectivity index (χ3v) is 5.77. The first-order valence-electron chi connectivity index (χ1n) is 9.94. The van der Waals surface area contributed by atoms with Crippen molar-refractivity contribution in [3.05, 3.63) is 53.7 Å². The van der Waals surface area contributed by atoms with Crippen molar-refractivity contribution in [2.24, 2.45) is 5.92 Å². The molecular formula is C22H23F2N3O3. The van der Waals surface area contributed by atoms with Crippen molar-refractivity contribution >= 4 is 16.8 Å². The number of methoxy groups -OCH3 is 1. The first-order valence-corrected chi connectivity index (χ1v) is 9.94. The third-order valence-electron chi connectivity index (χ3n) is 5.77. The molecule has 0 atom stereocenters. The number of halogens is 2. The number of fused-ring (bicyclic) bond motifs is 1. The van der Waals surface area contributed by atoms with Crippen LogP contribution < -0.4 is 10.1 Å². The summed E-state index contributed by atoms with van der Waals surface area (Å²) in [6.45, 7) is 0.435. The molecule has 3 aromatic rings. The molecule has 1 fully saturated rings. The molecule has 1 aliphatic rings. The summed E-state index contributed by atoms with van der Waals surface area (Å²) in [5.41, 5.74) is 0.755. The maximum absolute atomic E-state index is 13.4. The van der Waals surface area contributed by atoms with Crippen molar-refractivity contribution in [1.82, 2.24) is 15.1 Å². The van der Waals surface area contributed by atoms with Crippen LogP contribution in [0, 0.1) is 17.6 Å². The van der Waals surface area contributed by atoms with Crippen molar-refractivity contribution in [2.75, 3.05) is 13.7 Å². The van der Waals surface area contributed by atoms with Crippen molar-refractivity contribution in [2.45, 2.75) is 31.7 Å². The Labute approximate surface area is 172 Å². The molecule has 0 unspecified atom stereocenters. The van der Waals surface area contributed by atoms with Crippen LogP contribution in [-0.2, 0) is 0 Å². The van der Waals surface area contributed by atoms with E-state index in [0.29, 0.717) is 6.54 Å². The predicted molar refractivity (Wildman–Crippen MR) is 108 cm³/mol. The first kappa shape index (κ1) is 20.1. The summed E-state index contributed by atoms with van der Waals surface area (Å²) in [7, 11) is 1.65. The van der Waals surface area contributed by atoms with Gasteiger partial charge in [-0.15, -0.1) is 0 Å². The van der Waals surface area contributed by atoms with Crippen molar-refractivity contribution < 1.29 is 23.4 Å². The number of aromatic hydroxyl groups is 1. The van der Waals surface area contributed by atoms with Gasteiger partial charge in [0.15, 0.2) is 17.4 Å². The van der Waals surface area contributed by atoms with Gasteiger partial charge in [0.05, 0.1) is 24.1 Å². The van der Waals surface area contributed by atoms with Crippen LogP contribution in [0.4, 0.5) is 8.78 Å². The highest BCUT2D eigenvalue weighted by Crippen LogP contribution is 2.34. The smallest absolute Gasteiger partial charge is 0.251 e. The minimum atomic E-state index is -1.15. The summed E-state index contributed by atoms with van der Waals surface area (Å²) in [4.78, 5) is 12.2. The van der Waals surface area contributed by atoms with Crippen LogP contribution >= 0.6 is 0 Å². The van der Waals surface area contributed by atoms with Gasteiger partial charge in [0, 0.05) is 18.3 Å². The second-order valence-electron chi connectivity index (χ2n) is 7.68. The SMILES string of the molecule is COc1cccc2nn([C@H]3CC[C@H](CNC(=O)c4cc(F)c(O)c(F)c4)CC3)cc12. The molecule has 30 heavy (non-hydrogen) atoms. The monoisotopic (exact) mass is 415 g/mol. The number of rotatable bonds is 5. The quantitative estimate of drug-likeness (QED) is 0.655. The molecule has 0 radical (unpaired) electrons. The van der Waals surface area contributed by atoms with Crippen LogP contribution in [0.3, 0.4) is 0 Å². The lowest BCUT2D eigenvalue weighted by atomic mass is 9.86. The fourth-order valence-electron chi connectivity index (χ4n) is 4.05. The minimum absolute atomic E-state index is 0.145. The number of phenols is 1. The third kappa shape index (κ3) is 3.94. The summed E-state index contributed by atoms with van der Waals surface area (Å²) in [6.07, 6.45) is 5.71. The Hall–Kier alpha value is -3.16. The molecule has 1 saturated carbocycles. The van der Waals surface area contributed by atoms with Gasteiger partial charge in [0.2, 0.25) is 0 Å². The molecule has 0 spiro atoms. The second-order valence-corrected chi connectivity index (χ2v) is 7.68. The highest BCUT2D eigenvalue weighted by molar-refractivity contribution is 5.94. The Morgan fingerprint density at radius 2 is 1.93 bits per heavy atom. The lowest BCUT2D eigenvalue weighted by Gasteiger charge is -2.28. The van der Waals surface area contributed by atoms with Crippen LogP contribution in [0.1, 0.15) is 42.1 Å². The van der Waals surface area contributed by atoms with E-state index in [9.17, 15) is 13.6 Å². The average Bonchev–Trinajstić information content (AvgIpc) is 3.20. The van der Waals surface area contributed by atoms with Gasteiger partial charge in [-0.2, -0.15) is 5.10 Å². The van der Waals surface area contributed by atoms with Crippen molar-refractivity contribution in [3.63, 3.8) is 0 Å². The Kier molecular flexibility index (Phi) is 5.57. The van der Waals surface area contributed by atoms with Crippen LogP contribution in [0.5, 0.6) is 11.5 Å². The molecule has 1 aliphatic carbocycles. The van der Waals surface area contributed by atoms with E-state index in [-0.39, 0.29) is 17.5 Å². The molecule has 0 bridgehead atoms. The molecule has 6 nitrogen and oxygen atoms in total. The molecule has 0 aliphatic heterocycles. The fraction of sp³-hybridized carbons (Fsp3) is 0.364. The molecule has 2 aromatic carbocycles. The standard InChI is InChI=1S/C22H23F2N3O3/c1-30-20-4-2-3-19-16(20)12-27(26-19)15-7-5-13(6-8-15)11-25-22(29)14-9-17(23)21(28)18(24)10-14/h2-4,9-10,12-13,15,28H,5-8,11H2,1H3,(H,25,29)/t13-,15-. The zero-order valence-electron chi connectivity index (χ0n) is 16.6. The van der Waals surface area contributed by atoms with Crippen LogP contribution in [0.25, 0.3) is 10.9 Å². The molecule has 8 heteroatoms. The highest BCUT2D eigenvalue weighted by atomic mass is 19.1. The normalized spacial score (nSPS) is 19.0. The first-order chi connectivity index (χ1) is 14.5. The van der Waals surface area contributed by atoms with E-state index in [1.807, 2.05) is 29.1 Å². The lowest BCUT2D eigenvalue weighted by molar-refractivity contribution is 0.0940. The van der Waals surface area contributed by atoms with E-state index in [2.05, 4.69) is 10.4 Å². The van der Waals surface area contributed by atoms with E-state index >= 15 is 0 Å². The van der Waals surface area contributed by atoms with E-state index in [4.69, 9.17) is 9.84 Å². The summed E-state index contributed by atoms with van der Waals surface area (Å²) in [5, 5.41) is 17.6. The fourth-order valence-corrected chi connectivity index (χ4v) is 4.05. The maximum Gasteiger partial charge on any atom is 0.251 e. The van der Waals surface area contributed by atoms with Crippen LogP contribution in [0.15, 0.2) is 36.5 Å². The number of phenolic OH excluding ortho intramolecular Hbond substituents is 1. The number of nitrogens with one attached hydrogen (secondary N) is 1. The maximum atomic E-state index is 13.4. The highest BCUT2D eigenvalue weighted by Gasteiger charge is 2.24. The minimum Gasteiger partial charge on any atom is -0.503 e. The van der Waals surface area contributed by atoms with Crippen LogP contribution in [-0.4, -0.2) is 34.4 Å². The second kappa shape index (κ2) is 8.30. The molecule has 0 saturated heterocycles. The van der Waals surface area contributed by atoms with Gasteiger partial charge >= 0.3 is 0 Å². The molecule has 4 rings (SSSR count). The molecule has 1 aromatic heterocycles. The number of hydrogen-bond donors (Lipinski definition) is 2. The lowest BCUT2D eigenvalue weighted by Crippen LogP contribution is -2.31. The summed E-state index contributed by atoms with van der Waals surface area (Å²) in [5.74, 6) is -2.84. The number of amides is 1. The largest absolute Gasteiger partial charge is 0.503 e. The zero-order chi connectivity index (χ0) is 21.3. The molecule has 158 valence electrons. The number of carbonyl (C=O) groups excluding carboxylic acids is 1. The van der Waals surface area contributed by atoms with Gasteiger partial charge in [0.1, 0.15) is 5.75 Å². The van der Waals surface area contributed by atoms with Gasteiger partial charge in [0.25, 0.3) is 5.91 Å². The van der Waals surface area contributed by atoms with Gasteiger partial charge in [-0.05, 0) is 55.9 Å². The Morgan fingerprint density at radius 1 is 1.23 bits per heavy atom. The topological polar surface area (TPSA) is 76.4 Å². The molecular weight excluding hydrogens is 392 g/mol. The summed E-state index contributed by atoms with van der Waals surface area (Å²) < 4.78 is 34.3. The van der Waals surface area contributed by atoms with E-state index < -0.39 is 23.3 Å². The van der Waals surface area contributed by atoms with E-state index in [1.54, 1.807) is 7.11 Å². The van der Waals surface area contributed by atoms with Gasteiger partial charge in [-0.25, -0.2) is 8.78 Å².